The minimum absolute atomic E-state index is 0.314. The van der Waals surface area contributed by atoms with Crippen molar-refractivity contribution >= 4 is 0 Å². The Morgan fingerprint density at radius 2 is 2.17 bits per heavy atom. The standard InChI is InChI=1S/C10H21NO/c1-9(8-12)6-11(2)7-10-4-3-5-10/h9-10,12H,3-8H2,1-2H3. The third-order valence-corrected chi connectivity index (χ3v) is 2.73. The lowest BCUT2D eigenvalue weighted by Gasteiger charge is -2.31. The molecule has 1 aliphatic carbocycles. The number of rotatable bonds is 5. The molecule has 0 aromatic heterocycles. The Labute approximate surface area is 75.6 Å². The van der Waals surface area contributed by atoms with Crippen molar-refractivity contribution in [3.05, 3.63) is 0 Å². The second-order valence-electron chi connectivity index (χ2n) is 4.31. The van der Waals surface area contributed by atoms with Crippen LogP contribution in [0.5, 0.6) is 0 Å². The summed E-state index contributed by atoms with van der Waals surface area (Å²) >= 11 is 0. The van der Waals surface area contributed by atoms with Gasteiger partial charge in [0, 0.05) is 19.7 Å². The summed E-state index contributed by atoms with van der Waals surface area (Å²) in [5, 5.41) is 8.86. The smallest absolute Gasteiger partial charge is 0.0468 e. The first-order chi connectivity index (χ1) is 5.72. The molecular weight excluding hydrogens is 150 g/mol. The second-order valence-corrected chi connectivity index (χ2v) is 4.31. The fraction of sp³-hybridized carbons (Fsp3) is 1.00. The van der Waals surface area contributed by atoms with Crippen molar-refractivity contribution in [3.63, 3.8) is 0 Å². The average Bonchev–Trinajstić information content (AvgIpc) is 1.97. The molecule has 1 N–H and O–H groups in total. The summed E-state index contributed by atoms with van der Waals surface area (Å²) in [5.74, 6) is 1.37. The van der Waals surface area contributed by atoms with Crippen LogP contribution in [0, 0.1) is 11.8 Å². The van der Waals surface area contributed by atoms with Gasteiger partial charge in [0.1, 0.15) is 0 Å². The zero-order chi connectivity index (χ0) is 8.97. The quantitative estimate of drug-likeness (QED) is 0.675. The first kappa shape index (κ1) is 10.0. The maximum atomic E-state index is 8.86. The van der Waals surface area contributed by atoms with Crippen LogP contribution in [0.15, 0.2) is 0 Å². The molecule has 1 unspecified atom stereocenters. The monoisotopic (exact) mass is 171 g/mol. The van der Waals surface area contributed by atoms with Crippen molar-refractivity contribution in [2.75, 3.05) is 26.7 Å². The van der Waals surface area contributed by atoms with Gasteiger partial charge in [0.2, 0.25) is 0 Å². The van der Waals surface area contributed by atoms with Gasteiger partial charge in [-0.3, -0.25) is 0 Å². The number of hydrogen-bond acceptors (Lipinski definition) is 2. The average molecular weight is 171 g/mol. The van der Waals surface area contributed by atoms with Crippen molar-refractivity contribution in [2.24, 2.45) is 11.8 Å². The highest BCUT2D eigenvalue weighted by Crippen LogP contribution is 2.26. The zero-order valence-electron chi connectivity index (χ0n) is 8.29. The van der Waals surface area contributed by atoms with Gasteiger partial charge in [-0.15, -0.1) is 0 Å². The zero-order valence-corrected chi connectivity index (χ0v) is 8.29. The van der Waals surface area contributed by atoms with Gasteiger partial charge in [-0.1, -0.05) is 13.3 Å². The van der Waals surface area contributed by atoms with E-state index in [9.17, 15) is 0 Å². The molecule has 0 bridgehead atoms. The van der Waals surface area contributed by atoms with Crippen molar-refractivity contribution in [3.8, 4) is 0 Å². The van der Waals surface area contributed by atoms with Gasteiger partial charge >= 0.3 is 0 Å². The predicted octanol–water partition coefficient (Wildman–Crippen LogP) is 1.35. The molecule has 1 atom stereocenters. The van der Waals surface area contributed by atoms with E-state index in [0.717, 1.165) is 12.5 Å². The Morgan fingerprint density at radius 1 is 1.50 bits per heavy atom. The summed E-state index contributed by atoms with van der Waals surface area (Å²) in [6, 6.07) is 0. The Balaban J connectivity index is 2.05. The van der Waals surface area contributed by atoms with Crippen LogP contribution in [0.2, 0.25) is 0 Å². The van der Waals surface area contributed by atoms with Crippen LogP contribution < -0.4 is 0 Å². The van der Waals surface area contributed by atoms with Gasteiger partial charge in [0.25, 0.3) is 0 Å². The van der Waals surface area contributed by atoms with E-state index in [2.05, 4.69) is 18.9 Å². The van der Waals surface area contributed by atoms with Crippen LogP contribution in [0.4, 0.5) is 0 Å². The summed E-state index contributed by atoms with van der Waals surface area (Å²) in [4.78, 5) is 2.35. The molecule has 0 aliphatic heterocycles. The molecule has 1 fully saturated rings. The summed E-state index contributed by atoms with van der Waals surface area (Å²) in [6.07, 6.45) is 4.25. The molecule has 0 heterocycles. The number of aliphatic hydroxyl groups is 1. The lowest BCUT2D eigenvalue weighted by atomic mass is 9.85. The maximum absolute atomic E-state index is 8.86. The minimum atomic E-state index is 0.314. The van der Waals surface area contributed by atoms with E-state index in [4.69, 9.17) is 5.11 Å². The maximum Gasteiger partial charge on any atom is 0.0468 e. The van der Waals surface area contributed by atoms with Gasteiger partial charge in [0.15, 0.2) is 0 Å². The fourth-order valence-corrected chi connectivity index (χ4v) is 1.78. The summed E-state index contributed by atoms with van der Waals surface area (Å²) in [5.41, 5.74) is 0. The molecule has 0 radical (unpaired) electrons. The molecule has 0 amide bonds. The van der Waals surface area contributed by atoms with E-state index in [1.165, 1.54) is 25.8 Å². The normalized spacial score (nSPS) is 21.0. The molecule has 1 rings (SSSR count). The van der Waals surface area contributed by atoms with Gasteiger partial charge in [0.05, 0.1) is 0 Å². The van der Waals surface area contributed by atoms with Crippen LogP contribution in [-0.4, -0.2) is 36.8 Å². The van der Waals surface area contributed by atoms with Crippen LogP contribution in [0.25, 0.3) is 0 Å². The first-order valence-corrected chi connectivity index (χ1v) is 5.01. The lowest BCUT2D eigenvalue weighted by Crippen LogP contribution is -2.33. The first-order valence-electron chi connectivity index (χ1n) is 5.01. The predicted molar refractivity (Wildman–Crippen MR) is 51.1 cm³/mol. The molecule has 0 spiro atoms. The molecule has 1 aliphatic rings. The third-order valence-electron chi connectivity index (χ3n) is 2.73. The van der Waals surface area contributed by atoms with E-state index in [0.29, 0.717) is 12.5 Å². The van der Waals surface area contributed by atoms with E-state index in [1.807, 2.05) is 0 Å². The van der Waals surface area contributed by atoms with Crippen molar-refractivity contribution in [1.82, 2.24) is 4.90 Å². The van der Waals surface area contributed by atoms with Crippen LogP contribution >= 0.6 is 0 Å². The minimum Gasteiger partial charge on any atom is -0.396 e. The van der Waals surface area contributed by atoms with Crippen LogP contribution in [0.3, 0.4) is 0 Å². The molecule has 0 saturated heterocycles. The molecule has 0 aromatic carbocycles. The number of nitrogens with zero attached hydrogens (tertiary/aromatic N) is 1. The Morgan fingerprint density at radius 3 is 2.58 bits per heavy atom. The highest BCUT2D eigenvalue weighted by atomic mass is 16.3. The molecule has 12 heavy (non-hydrogen) atoms. The molecule has 72 valence electrons. The Kier molecular flexibility index (Phi) is 4.02. The summed E-state index contributed by atoms with van der Waals surface area (Å²) in [6.45, 7) is 4.67. The molecule has 1 saturated carbocycles. The second kappa shape index (κ2) is 4.83. The highest BCUT2D eigenvalue weighted by Gasteiger charge is 2.19. The third kappa shape index (κ3) is 3.11. The topological polar surface area (TPSA) is 23.5 Å². The van der Waals surface area contributed by atoms with Crippen LogP contribution in [0.1, 0.15) is 26.2 Å². The van der Waals surface area contributed by atoms with E-state index < -0.39 is 0 Å². The number of aliphatic hydroxyl groups excluding tert-OH is 1. The Hall–Kier alpha value is -0.0800. The molecule has 0 aromatic rings. The van der Waals surface area contributed by atoms with Crippen molar-refractivity contribution in [2.45, 2.75) is 26.2 Å². The number of hydrogen-bond donors (Lipinski definition) is 1. The summed E-state index contributed by atoms with van der Waals surface area (Å²) < 4.78 is 0. The molecular formula is C10H21NO. The van der Waals surface area contributed by atoms with Crippen molar-refractivity contribution < 1.29 is 5.11 Å². The van der Waals surface area contributed by atoms with E-state index >= 15 is 0 Å². The van der Waals surface area contributed by atoms with E-state index in [-0.39, 0.29) is 0 Å². The largest absolute Gasteiger partial charge is 0.396 e. The highest BCUT2D eigenvalue weighted by molar-refractivity contribution is 4.73. The molecule has 2 heteroatoms. The van der Waals surface area contributed by atoms with Crippen LogP contribution in [-0.2, 0) is 0 Å². The van der Waals surface area contributed by atoms with Gasteiger partial charge < -0.3 is 10.0 Å². The van der Waals surface area contributed by atoms with Gasteiger partial charge in [-0.2, -0.15) is 0 Å². The van der Waals surface area contributed by atoms with E-state index in [1.54, 1.807) is 0 Å². The Bertz CT molecular complexity index is 116. The fourth-order valence-electron chi connectivity index (χ4n) is 1.78. The lowest BCUT2D eigenvalue weighted by molar-refractivity contribution is 0.156. The van der Waals surface area contributed by atoms with Gasteiger partial charge in [-0.05, 0) is 31.7 Å². The summed E-state index contributed by atoms with van der Waals surface area (Å²) in [7, 11) is 2.16. The van der Waals surface area contributed by atoms with Crippen molar-refractivity contribution in [1.29, 1.82) is 0 Å². The SMILES string of the molecule is CC(CO)CN(C)CC1CCC1. The van der Waals surface area contributed by atoms with Gasteiger partial charge in [-0.25, -0.2) is 0 Å². The molecule has 2 nitrogen and oxygen atoms in total.